The number of carbonyl (C=O) groups is 1. The van der Waals surface area contributed by atoms with E-state index in [-0.39, 0.29) is 11.9 Å². The second-order valence-corrected chi connectivity index (χ2v) is 8.33. The predicted octanol–water partition coefficient (Wildman–Crippen LogP) is 3.02. The van der Waals surface area contributed by atoms with Crippen LogP contribution in [0, 0.1) is 0 Å². The molecule has 0 radical (unpaired) electrons. The highest BCUT2D eigenvalue weighted by atomic mass is 16.5. The highest BCUT2D eigenvalue weighted by molar-refractivity contribution is 5.92. The first-order valence-electron chi connectivity index (χ1n) is 11.0. The summed E-state index contributed by atoms with van der Waals surface area (Å²) in [5, 5.41) is 0. The van der Waals surface area contributed by atoms with Crippen LogP contribution >= 0.6 is 0 Å². The molecule has 1 unspecified atom stereocenters. The highest BCUT2D eigenvalue weighted by Crippen LogP contribution is 2.21. The Morgan fingerprint density at radius 1 is 1.10 bits per heavy atom. The third kappa shape index (κ3) is 4.84. The molecule has 0 spiro atoms. The number of carbonyl (C=O) groups excluding carboxylic acids is 1. The first-order chi connectivity index (χ1) is 14.6. The van der Waals surface area contributed by atoms with Crippen LogP contribution in [0.1, 0.15) is 48.1 Å². The Kier molecular flexibility index (Phi) is 6.69. The fourth-order valence-corrected chi connectivity index (χ4v) is 4.40. The molecule has 1 aromatic heterocycles. The van der Waals surface area contributed by atoms with E-state index in [0.717, 1.165) is 57.9 Å². The second-order valence-electron chi connectivity index (χ2n) is 8.33. The summed E-state index contributed by atoms with van der Waals surface area (Å²) in [5.41, 5.74) is 1.66. The lowest BCUT2D eigenvalue weighted by atomic mass is 10.0. The minimum absolute atomic E-state index is 0.00109. The molecule has 162 valence electrons. The summed E-state index contributed by atoms with van der Waals surface area (Å²) in [6, 6.07) is 8.47. The average molecular weight is 413 g/mol. The number of piperazine rings is 1. The molecule has 1 amide bonds. The molecule has 2 aromatic rings. The molecule has 1 aromatic carbocycles. The number of methoxy groups -OCH3 is 1. The van der Waals surface area contributed by atoms with E-state index >= 15 is 0 Å². The van der Waals surface area contributed by atoms with Crippen molar-refractivity contribution in [2.75, 3.05) is 39.8 Å². The largest absolute Gasteiger partial charge is 0.496 e. The van der Waals surface area contributed by atoms with Gasteiger partial charge in [-0.3, -0.25) is 14.6 Å². The average Bonchev–Trinajstić information content (AvgIpc) is 3.24. The molecule has 7 heteroatoms. The van der Waals surface area contributed by atoms with Crippen molar-refractivity contribution < 1.29 is 13.9 Å². The van der Waals surface area contributed by atoms with Crippen LogP contribution in [0.2, 0.25) is 0 Å². The van der Waals surface area contributed by atoms with Crippen molar-refractivity contribution in [1.29, 1.82) is 0 Å². The number of hydrogen-bond acceptors (Lipinski definition) is 6. The number of ether oxygens (including phenoxy) is 1. The van der Waals surface area contributed by atoms with Crippen molar-refractivity contribution in [2.45, 2.75) is 45.3 Å². The summed E-state index contributed by atoms with van der Waals surface area (Å²) < 4.78 is 11.1. The molecule has 2 aliphatic heterocycles. The zero-order chi connectivity index (χ0) is 20.9. The number of hydrogen-bond donors (Lipinski definition) is 0. The van der Waals surface area contributed by atoms with Gasteiger partial charge in [0, 0.05) is 50.9 Å². The Bertz CT molecular complexity index is 844. The third-order valence-corrected chi connectivity index (χ3v) is 6.24. The van der Waals surface area contributed by atoms with Crippen molar-refractivity contribution in [1.82, 2.24) is 19.7 Å². The van der Waals surface area contributed by atoms with Crippen LogP contribution < -0.4 is 4.74 Å². The Morgan fingerprint density at radius 2 is 1.83 bits per heavy atom. The van der Waals surface area contributed by atoms with Crippen molar-refractivity contribution in [3.05, 3.63) is 47.7 Å². The number of amides is 1. The standard InChI is InChI=1S/C23H32N4O3/c1-18-7-5-6-10-27(18)23(28)20-17-30-22(24-20)16-26-13-11-25(12-14-26)15-19-8-3-4-9-21(19)29-2/h3-4,8-9,17-18H,5-7,10-16H2,1-2H3. The number of aromatic nitrogens is 1. The van der Waals surface area contributed by atoms with Crippen LogP contribution in [0.4, 0.5) is 0 Å². The van der Waals surface area contributed by atoms with E-state index in [2.05, 4.69) is 33.8 Å². The number of para-hydroxylation sites is 1. The van der Waals surface area contributed by atoms with Crippen molar-refractivity contribution in [2.24, 2.45) is 0 Å². The quantitative estimate of drug-likeness (QED) is 0.727. The highest BCUT2D eigenvalue weighted by Gasteiger charge is 2.27. The van der Waals surface area contributed by atoms with Gasteiger partial charge in [-0.25, -0.2) is 4.98 Å². The topological polar surface area (TPSA) is 62.1 Å². The molecule has 2 aliphatic rings. The Labute approximate surface area is 178 Å². The molecule has 30 heavy (non-hydrogen) atoms. The second kappa shape index (κ2) is 9.62. The zero-order valence-corrected chi connectivity index (χ0v) is 18.0. The number of likely N-dealkylation sites (tertiary alicyclic amines) is 1. The number of benzene rings is 1. The van der Waals surface area contributed by atoms with Crippen LogP contribution in [0.25, 0.3) is 0 Å². The first-order valence-corrected chi connectivity index (χ1v) is 11.0. The van der Waals surface area contributed by atoms with Gasteiger partial charge in [-0.05, 0) is 32.3 Å². The normalized spacial score (nSPS) is 21.0. The maximum absolute atomic E-state index is 12.8. The molecular formula is C23H32N4O3. The van der Waals surface area contributed by atoms with E-state index in [1.807, 2.05) is 17.0 Å². The smallest absolute Gasteiger partial charge is 0.276 e. The van der Waals surface area contributed by atoms with Crippen LogP contribution in [0.15, 0.2) is 34.9 Å². The van der Waals surface area contributed by atoms with Gasteiger partial charge < -0.3 is 14.1 Å². The zero-order valence-electron chi connectivity index (χ0n) is 18.0. The predicted molar refractivity (Wildman–Crippen MR) is 114 cm³/mol. The van der Waals surface area contributed by atoms with Crippen LogP contribution in [0.3, 0.4) is 0 Å². The molecule has 3 heterocycles. The number of rotatable bonds is 6. The summed E-state index contributed by atoms with van der Waals surface area (Å²) in [7, 11) is 1.72. The van der Waals surface area contributed by atoms with Crippen molar-refractivity contribution in [3.63, 3.8) is 0 Å². The number of piperidine rings is 1. The lowest BCUT2D eigenvalue weighted by Gasteiger charge is -2.34. The molecule has 0 aliphatic carbocycles. The summed E-state index contributed by atoms with van der Waals surface area (Å²) in [6.45, 7) is 8.33. The van der Waals surface area contributed by atoms with E-state index in [0.29, 0.717) is 18.1 Å². The summed E-state index contributed by atoms with van der Waals surface area (Å²) in [6.07, 6.45) is 4.85. The van der Waals surface area contributed by atoms with Gasteiger partial charge in [0.1, 0.15) is 12.0 Å². The lowest BCUT2D eigenvalue weighted by Crippen LogP contribution is -2.45. The molecule has 4 rings (SSSR count). The number of nitrogens with zero attached hydrogens (tertiary/aromatic N) is 4. The van der Waals surface area contributed by atoms with E-state index in [9.17, 15) is 4.79 Å². The van der Waals surface area contributed by atoms with E-state index in [4.69, 9.17) is 9.15 Å². The fourth-order valence-electron chi connectivity index (χ4n) is 4.40. The molecule has 0 bridgehead atoms. The van der Waals surface area contributed by atoms with Gasteiger partial charge in [0.25, 0.3) is 5.91 Å². The summed E-state index contributed by atoms with van der Waals surface area (Å²) in [4.78, 5) is 24.0. The van der Waals surface area contributed by atoms with Gasteiger partial charge in [-0.1, -0.05) is 18.2 Å². The molecule has 2 saturated heterocycles. The summed E-state index contributed by atoms with van der Waals surface area (Å²) >= 11 is 0. The molecule has 0 saturated carbocycles. The molecule has 1 atom stereocenters. The van der Waals surface area contributed by atoms with Crippen LogP contribution in [-0.4, -0.2) is 71.5 Å². The van der Waals surface area contributed by atoms with Gasteiger partial charge in [-0.15, -0.1) is 0 Å². The minimum Gasteiger partial charge on any atom is -0.496 e. The Morgan fingerprint density at radius 3 is 2.57 bits per heavy atom. The summed E-state index contributed by atoms with van der Waals surface area (Å²) in [5.74, 6) is 1.57. The number of oxazole rings is 1. The van der Waals surface area contributed by atoms with Crippen molar-refractivity contribution in [3.8, 4) is 5.75 Å². The first kappa shape index (κ1) is 20.9. The minimum atomic E-state index is -0.00109. The maximum atomic E-state index is 12.8. The third-order valence-electron chi connectivity index (χ3n) is 6.24. The van der Waals surface area contributed by atoms with Gasteiger partial charge in [0.05, 0.1) is 13.7 Å². The molecular weight excluding hydrogens is 380 g/mol. The van der Waals surface area contributed by atoms with Crippen molar-refractivity contribution >= 4 is 5.91 Å². The lowest BCUT2D eigenvalue weighted by molar-refractivity contribution is 0.0629. The van der Waals surface area contributed by atoms with Gasteiger partial charge in [0.2, 0.25) is 5.89 Å². The fraction of sp³-hybridized carbons (Fsp3) is 0.565. The maximum Gasteiger partial charge on any atom is 0.276 e. The SMILES string of the molecule is COc1ccccc1CN1CCN(Cc2nc(C(=O)N3CCCCC3C)co2)CC1. The van der Waals surface area contributed by atoms with Crippen LogP contribution in [0.5, 0.6) is 5.75 Å². The van der Waals surface area contributed by atoms with Crippen LogP contribution in [-0.2, 0) is 13.1 Å². The molecule has 2 fully saturated rings. The van der Waals surface area contributed by atoms with Gasteiger partial charge >= 0.3 is 0 Å². The molecule has 7 nitrogen and oxygen atoms in total. The van der Waals surface area contributed by atoms with E-state index in [1.54, 1.807) is 7.11 Å². The molecule has 0 N–H and O–H groups in total. The van der Waals surface area contributed by atoms with Gasteiger partial charge in [0.15, 0.2) is 5.69 Å². The van der Waals surface area contributed by atoms with E-state index < -0.39 is 0 Å². The van der Waals surface area contributed by atoms with E-state index in [1.165, 1.54) is 18.2 Å². The van der Waals surface area contributed by atoms with Gasteiger partial charge in [-0.2, -0.15) is 0 Å². The Hall–Kier alpha value is -2.38. The monoisotopic (exact) mass is 412 g/mol. The Balaban J connectivity index is 1.28.